The standard InChI is InChI=1S/2C52H32N2O/c1-2-13-38(14-3-1)53-48-27-23-36(31-44(48)45-32-37(24-28-49(45)53)40-17-10-20-51-52(40)42-16-7-9-19-50(42)55-51)35-22-26-47-43(30-35)41-15-6-8-18-46(41)54(47)39-25-21-33-11-4-5-12-34(33)29-39;1-2-12-39(13-3-1)53-49-25-20-36(30-44(49)45-31-37(21-26-50(45)53)38-22-27-52-46(32-38)42-15-7-9-17-51(42)55-52)35-19-24-48-43(29-35)41-14-6-8-16-47(41)54(48)40-23-18-33-10-4-5-11-34(33)28-40/h2*1-32H. The Morgan fingerprint density at radius 2 is 0.464 bits per heavy atom. The minimum atomic E-state index is 0.908. The molecule has 0 unspecified atom stereocenters. The Bertz CT molecular complexity index is 7910. The molecule has 0 spiro atoms. The number of aromatic nitrogens is 4. The van der Waals surface area contributed by atoms with Crippen LogP contribution in [0.4, 0.5) is 0 Å². The molecule has 0 aliphatic heterocycles. The predicted molar refractivity (Wildman–Crippen MR) is 462 cm³/mol. The van der Waals surface area contributed by atoms with E-state index < -0.39 is 0 Å². The number of hydrogen-bond acceptors (Lipinski definition) is 2. The van der Waals surface area contributed by atoms with Gasteiger partial charge < -0.3 is 27.1 Å². The van der Waals surface area contributed by atoms with Crippen LogP contribution in [0.5, 0.6) is 0 Å². The fraction of sp³-hybridized carbons (Fsp3) is 0. The Labute approximate surface area is 631 Å². The first kappa shape index (κ1) is 61.6. The van der Waals surface area contributed by atoms with Crippen LogP contribution in [0.1, 0.15) is 0 Å². The second kappa shape index (κ2) is 24.4. The smallest absolute Gasteiger partial charge is 0.136 e. The van der Waals surface area contributed by atoms with Gasteiger partial charge in [0.1, 0.15) is 22.3 Å². The normalized spacial score (nSPS) is 12.0. The van der Waals surface area contributed by atoms with Crippen molar-refractivity contribution in [2.45, 2.75) is 0 Å². The molecule has 0 amide bonds. The van der Waals surface area contributed by atoms with Crippen molar-refractivity contribution in [2.75, 3.05) is 0 Å². The lowest BCUT2D eigenvalue weighted by atomic mass is 9.97. The molecule has 6 heterocycles. The van der Waals surface area contributed by atoms with Gasteiger partial charge in [-0.15, -0.1) is 0 Å². The molecule has 0 aliphatic carbocycles. The Hall–Kier alpha value is -14.7. The topological polar surface area (TPSA) is 46.0 Å². The highest BCUT2D eigenvalue weighted by molar-refractivity contribution is 6.18. The van der Waals surface area contributed by atoms with Crippen molar-refractivity contribution in [3.63, 3.8) is 0 Å². The number of para-hydroxylation sites is 6. The molecule has 0 saturated carbocycles. The molecule has 6 aromatic heterocycles. The summed E-state index contributed by atoms with van der Waals surface area (Å²) in [6.45, 7) is 0. The van der Waals surface area contributed by atoms with E-state index in [1.807, 2.05) is 18.2 Å². The Morgan fingerprint density at radius 1 is 0.155 bits per heavy atom. The summed E-state index contributed by atoms with van der Waals surface area (Å²) in [6.07, 6.45) is 0. The van der Waals surface area contributed by atoms with Crippen LogP contribution < -0.4 is 0 Å². The maximum Gasteiger partial charge on any atom is 0.136 e. The predicted octanol–water partition coefficient (Wildman–Crippen LogP) is 28.5. The summed E-state index contributed by atoms with van der Waals surface area (Å²) >= 11 is 0. The van der Waals surface area contributed by atoms with Gasteiger partial charge in [0.2, 0.25) is 0 Å². The van der Waals surface area contributed by atoms with Crippen molar-refractivity contribution < 1.29 is 8.83 Å². The summed E-state index contributed by atoms with van der Waals surface area (Å²) in [5, 5.41) is 19.4. The zero-order chi connectivity index (χ0) is 72.1. The Morgan fingerprint density at radius 3 is 0.936 bits per heavy atom. The van der Waals surface area contributed by atoms with E-state index in [0.29, 0.717) is 0 Å². The second-order valence-corrected chi connectivity index (χ2v) is 29.1. The largest absolute Gasteiger partial charge is 0.456 e. The fourth-order valence-electron chi connectivity index (χ4n) is 17.9. The van der Waals surface area contributed by atoms with Gasteiger partial charge in [0.25, 0.3) is 0 Å². The maximum absolute atomic E-state index is 6.29. The third-order valence-electron chi connectivity index (χ3n) is 23.0. The van der Waals surface area contributed by atoms with Gasteiger partial charge in [0, 0.05) is 87.4 Å². The van der Waals surface area contributed by atoms with E-state index in [9.17, 15) is 0 Å². The van der Waals surface area contributed by atoms with Crippen LogP contribution in [-0.2, 0) is 0 Å². The highest BCUT2D eigenvalue weighted by Crippen LogP contribution is 2.45. The molecule has 6 heteroatoms. The SMILES string of the molecule is c1ccc(-n2c3ccc(-c4ccc5c(c4)c4ccccc4n5-c4ccc5ccccc5c4)cc3c3cc(-c4cccc5oc6ccccc6c45)ccc32)cc1.c1ccc(-n2c3ccc(-c4ccc5oc6ccccc6c5c4)cc3c3cc(-c4ccc5c(c4)c4ccccc4n5-c4ccc5ccccc5c4)ccc32)cc1. The molecule has 0 atom stereocenters. The molecule has 512 valence electrons. The second-order valence-electron chi connectivity index (χ2n) is 29.1. The minimum absolute atomic E-state index is 0.908. The zero-order valence-corrected chi connectivity index (χ0v) is 59.6. The van der Waals surface area contributed by atoms with Crippen molar-refractivity contribution in [2.24, 2.45) is 0 Å². The molecule has 0 aliphatic rings. The lowest BCUT2D eigenvalue weighted by Gasteiger charge is -2.10. The highest BCUT2D eigenvalue weighted by Gasteiger charge is 2.22. The van der Waals surface area contributed by atoms with Crippen molar-refractivity contribution in [1.82, 2.24) is 18.3 Å². The van der Waals surface area contributed by atoms with Crippen molar-refractivity contribution >= 4 is 153 Å². The van der Waals surface area contributed by atoms with Gasteiger partial charge in [-0.25, -0.2) is 0 Å². The third kappa shape index (κ3) is 9.69. The molecular formula is C104H64N4O2. The lowest BCUT2D eigenvalue weighted by molar-refractivity contribution is 0.668. The van der Waals surface area contributed by atoms with Gasteiger partial charge in [0.15, 0.2) is 0 Å². The van der Waals surface area contributed by atoms with E-state index in [-0.39, 0.29) is 0 Å². The fourth-order valence-corrected chi connectivity index (χ4v) is 17.9. The Balaban J connectivity index is 0.000000132. The minimum Gasteiger partial charge on any atom is -0.456 e. The number of benzene rings is 18. The van der Waals surface area contributed by atoms with E-state index in [1.54, 1.807) is 0 Å². The Kier molecular flexibility index (Phi) is 13.7. The van der Waals surface area contributed by atoms with E-state index in [1.165, 1.54) is 165 Å². The van der Waals surface area contributed by atoms with Crippen LogP contribution >= 0.6 is 0 Å². The molecule has 0 fully saturated rings. The molecular weight excluding hydrogens is 1340 g/mol. The summed E-state index contributed by atoms with van der Waals surface area (Å²) < 4.78 is 22.1. The lowest BCUT2D eigenvalue weighted by Crippen LogP contribution is -1.94. The van der Waals surface area contributed by atoms with E-state index in [2.05, 4.69) is 388 Å². The van der Waals surface area contributed by atoms with Crippen molar-refractivity contribution in [1.29, 1.82) is 0 Å². The van der Waals surface area contributed by atoms with Crippen LogP contribution in [0, 0.1) is 0 Å². The average Bonchev–Trinajstić information content (AvgIpc) is 1.59. The number of nitrogens with zero attached hydrogens (tertiary/aromatic N) is 4. The summed E-state index contributed by atoms with van der Waals surface area (Å²) in [7, 11) is 0. The summed E-state index contributed by atoms with van der Waals surface area (Å²) in [5.41, 5.74) is 27.3. The first-order chi connectivity index (χ1) is 54.5. The van der Waals surface area contributed by atoms with Gasteiger partial charge in [-0.05, 0) is 230 Å². The summed E-state index contributed by atoms with van der Waals surface area (Å²) in [4.78, 5) is 0. The number of furan rings is 2. The van der Waals surface area contributed by atoms with Crippen LogP contribution in [0.25, 0.3) is 220 Å². The molecule has 24 aromatic rings. The number of fused-ring (bicyclic) bond motifs is 20. The molecule has 0 radical (unpaired) electrons. The van der Waals surface area contributed by atoms with Crippen LogP contribution in [-0.4, -0.2) is 18.3 Å². The first-order valence-corrected chi connectivity index (χ1v) is 37.7. The van der Waals surface area contributed by atoms with E-state index in [4.69, 9.17) is 8.83 Å². The highest BCUT2D eigenvalue weighted by atomic mass is 16.3. The molecule has 18 aromatic carbocycles. The molecule has 110 heavy (non-hydrogen) atoms. The number of hydrogen-bond donors (Lipinski definition) is 0. The van der Waals surface area contributed by atoms with Gasteiger partial charge >= 0.3 is 0 Å². The van der Waals surface area contributed by atoms with Gasteiger partial charge in [0.05, 0.1) is 44.1 Å². The molecule has 0 bridgehead atoms. The summed E-state index contributed by atoms with van der Waals surface area (Å²) in [5.74, 6) is 0. The van der Waals surface area contributed by atoms with Gasteiger partial charge in [-0.2, -0.15) is 0 Å². The molecule has 6 nitrogen and oxygen atoms in total. The first-order valence-electron chi connectivity index (χ1n) is 37.7. The average molecular weight is 1400 g/mol. The van der Waals surface area contributed by atoms with Crippen molar-refractivity contribution in [3.05, 3.63) is 388 Å². The molecule has 0 N–H and O–H groups in total. The van der Waals surface area contributed by atoms with Crippen LogP contribution in [0.3, 0.4) is 0 Å². The monoisotopic (exact) mass is 1400 g/mol. The van der Waals surface area contributed by atoms with Gasteiger partial charge in [-0.3, -0.25) is 0 Å². The summed E-state index contributed by atoms with van der Waals surface area (Å²) in [6, 6.07) is 141. The maximum atomic E-state index is 6.29. The van der Waals surface area contributed by atoms with Crippen LogP contribution in [0.15, 0.2) is 397 Å². The van der Waals surface area contributed by atoms with E-state index in [0.717, 1.165) is 55.3 Å². The van der Waals surface area contributed by atoms with Crippen molar-refractivity contribution in [3.8, 4) is 67.3 Å². The third-order valence-corrected chi connectivity index (χ3v) is 23.0. The molecule has 24 rings (SSSR count). The van der Waals surface area contributed by atoms with E-state index >= 15 is 0 Å². The number of rotatable bonds is 8. The van der Waals surface area contributed by atoms with Gasteiger partial charge in [-0.1, -0.05) is 224 Å². The van der Waals surface area contributed by atoms with Crippen LogP contribution in [0.2, 0.25) is 0 Å². The quantitative estimate of drug-likeness (QED) is 0.152. The molecule has 0 saturated heterocycles. The zero-order valence-electron chi connectivity index (χ0n) is 59.6.